The third-order valence-corrected chi connectivity index (χ3v) is 11.3. The summed E-state index contributed by atoms with van der Waals surface area (Å²) in [4.78, 5) is 2.52. The molecule has 4 aliphatic rings. The summed E-state index contributed by atoms with van der Waals surface area (Å²) in [6.07, 6.45) is 25.2. The summed E-state index contributed by atoms with van der Waals surface area (Å²) in [7, 11) is 0. The van der Waals surface area contributed by atoms with Crippen molar-refractivity contribution < 1.29 is 0 Å². The minimum atomic E-state index is 0.159. The first-order chi connectivity index (χ1) is 26.3. The smallest absolute Gasteiger partial charge is 0.0798 e. The normalized spacial score (nSPS) is 19.6. The summed E-state index contributed by atoms with van der Waals surface area (Å²) in [5, 5.41) is 6.42. The molecule has 0 aromatic heterocycles. The summed E-state index contributed by atoms with van der Waals surface area (Å²) in [6, 6.07) is 48.9. The molecule has 254 valence electrons. The van der Waals surface area contributed by atoms with Gasteiger partial charge in [0, 0.05) is 40.2 Å². The van der Waals surface area contributed by atoms with Crippen LogP contribution in [0.1, 0.15) is 41.5 Å². The number of rotatable bonds is 7. The van der Waals surface area contributed by atoms with E-state index in [9.17, 15) is 0 Å². The van der Waals surface area contributed by atoms with Crippen LogP contribution >= 0.6 is 0 Å². The minimum absolute atomic E-state index is 0.159. The van der Waals surface area contributed by atoms with Crippen LogP contribution in [0.25, 0.3) is 39.1 Å². The molecule has 1 N–H and O–H groups in total. The van der Waals surface area contributed by atoms with E-state index in [0.717, 1.165) is 24.2 Å². The SMILES string of the molecule is C1=CCCC(C2=CC(c3ccc(Nc4ccccc4-c4cc5ccccc5c5c4C4C=CC=CC4C=C5)cc3)N2c2cccc(-c3ccccc3)c2)=C1. The average Bonchev–Trinajstić information content (AvgIpc) is 3.22. The number of fused-ring (bicyclic) bond motifs is 5. The zero-order valence-corrected chi connectivity index (χ0v) is 29.6. The lowest BCUT2D eigenvalue weighted by molar-refractivity contribution is 0.695. The Balaban J connectivity index is 0.989. The third kappa shape index (κ3) is 5.68. The van der Waals surface area contributed by atoms with Gasteiger partial charge in [-0.25, -0.2) is 0 Å². The van der Waals surface area contributed by atoms with Gasteiger partial charge in [-0.3, -0.25) is 0 Å². The average molecular weight is 681 g/mol. The van der Waals surface area contributed by atoms with Crippen LogP contribution in [0, 0.1) is 5.92 Å². The number of hydrogen-bond acceptors (Lipinski definition) is 2. The molecule has 0 spiro atoms. The molecular weight excluding hydrogens is 641 g/mol. The molecule has 6 aromatic rings. The number of hydrogen-bond donors (Lipinski definition) is 1. The van der Waals surface area contributed by atoms with Crippen molar-refractivity contribution in [3.05, 3.63) is 216 Å². The van der Waals surface area contributed by atoms with Gasteiger partial charge in [-0.2, -0.15) is 0 Å². The monoisotopic (exact) mass is 680 g/mol. The van der Waals surface area contributed by atoms with Gasteiger partial charge >= 0.3 is 0 Å². The van der Waals surface area contributed by atoms with Gasteiger partial charge in [0.1, 0.15) is 0 Å². The quantitative estimate of drug-likeness (QED) is 0.181. The highest BCUT2D eigenvalue weighted by molar-refractivity contribution is 6.00. The Morgan fingerprint density at radius 2 is 1.45 bits per heavy atom. The Labute approximate surface area is 312 Å². The van der Waals surface area contributed by atoms with E-state index >= 15 is 0 Å². The van der Waals surface area contributed by atoms with Crippen LogP contribution in [-0.4, -0.2) is 0 Å². The number of anilines is 3. The molecule has 3 atom stereocenters. The first-order valence-corrected chi connectivity index (χ1v) is 18.9. The second-order valence-corrected chi connectivity index (χ2v) is 14.4. The van der Waals surface area contributed by atoms with E-state index in [1.54, 1.807) is 0 Å². The van der Waals surface area contributed by atoms with Gasteiger partial charge in [0.05, 0.1) is 6.04 Å². The van der Waals surface area contributed by atoms with Crippen LogP contribution in [0.15, 0.2) is 199 Å². The van der Waals surface area contributed by atoms with Crippen molar-refractivity contribution >= 4 is 33.9 Å². The van der Waals surface area contributed by atoms with E-state index in [-0.39, 0.29) is 6.04 Å². The summed E-state index contributed by atoms with van der Waals surface area (Å²) < 4.78 is 0. The summed E-state index contributed by atoms with van der Waals surface area (Å²) in [5.74, 6) is 0.677. The van der Waals surface area contributed by atoms with Crippen molar-refractivity contribution in [1.82, 2.24) is 0 Å². The van der Waals surface area contributed by atoms with Crippen LogP contribution in [0.2, 0.25) is 0 Å². The van der Waals surface area contributed by atoms with E-state index in [1.807, 2.05) is 0 Å². The molecule has 2 nitrogen and oxygen atoms in total. The van der Waals surface area contributed by atoms with E-state index in [2.05, 4.69) is 204 Å². The maximum Gasteiger partial charge on any atom is 0.0798 e. The van der Waals surface area contributed by atoms with Crippen LogP contribution in [0.3, 0.4) is 0 Å². The summed E-state index contributed by atoms with van der Waals surface area (Å²) >= 11 is 0. The topological polar surface area (TPSA) is 15.3 Å². The molecule has 3 unspecified atom stereocenters. The van der Waals surface area contributed by atoms with Crippen molar-refractivity contribution in [2.45, 2.75) is 24.8 Å². The molecular formula is C51H40N2. The number of nitrogens with one attached hydrogen (secondary N) is 1. The zero-order valence-electron chi connectivity index (χ0n) is 29.6. The molecule has 2 heteroatoms. The van der Waals surface area contributed by atoms with Gasteiger partial charge in [0.25, 0.3) is 0 Å². The van der Waals surface area contributed by atoms with Gasteiger partial charge in [-0.1, -0.05) is 152 Å². The molecule has 3 aliphatic carbocycles. The summed E-state index contributed by atoms with van der Waals surface area (Å²) in [6.45, 7) is 0. The number of allylic oxidation sites excluding steroid dienone is 9. The van der Waals surface area contributed by atoms with Gasteiger partial charge in [0.15, 0.2) is 0 Å². The second-order valence-electron chi connectivity index (χ2n) is 14.4. The minimum Gasteiger partial charge on any atom is -0.355 e. The molecule has 0 amide bonds. The van der Waals surface area contributed by atoms with E-state index < -0.39 is 0 Å². The molecule has 53 heavy (non-hydrogen) atoms. The van der Waals surface area contributed by atoms with E-state index in [4.69, 9.17) is 0 Å². The van der Waals surface area contributed by atoms with Gasteiger partial charge < -0.3 is 10.2 Å². The lowest BCUT2D eigenvalue weighted by Gasteiger charge is -2.44. The first kappa shape index (κ1) is 31.4. The molecule has 0 saturated carbocycles. The molecule has 0 bridgehead atoms. The Morgan fingerprint density at radius 3 is 2.34 bits per heavy atom. The highest BCUT2D eigenvalue weighted by Crippen LogP contribution is 2.48. The molecule has 1 aliphatic heterocycles. The molecule has 0 fully saturated rings. The van der Waals surface area contributed by atoms with Gasteiger partial charge in [0.2, 0.25) is 0 Å². The number of para-hydroxylation sites is 1. The molecule has 1 heterocycles. The lowest BCUT2D eigenvalue weighted by Crippen LogP contribution is -2.36. The zero-order chi connectivity index (χ0) is 35.1. The van der Waals surface area contributed by atoms with Crippen LogP contribution < -0.4 is 10.2 Å². The third-order valence-electron chi connectivity index (χ3n) is 11.3. The fraction of sp³-hybridized carbons (Fsp3) is 0.0980. The molecule has 6 aromatic carbocycles. The fourth-order valence-corrected chi connectivity index (χ4v) is 8.66. The molecule has 10 rings (SSSR count). The van der Waals surface area contributed by atoms with Crippen molar-refractivity contribution in [3.8, 4) is 22.3 Å². The first-order valence-electron chi connectivity index (χ1n) is 18.9. The lowest BCUT2D eigenvalue weighted by atomic mass is 9.73. The Hall–Kier alpha value is -6.38. The highest BCUT2D eigenvalue weighted by atomic mass is 15.2. The molecule has 0 saturated heterocycles. The largest absolute Gasteiger partial charge is 0.355 e. The Morgan fingerprint density at radius 1 is 0.642 bits per heavy atom. The Bertz CT molecular complexity index is 2540. The Kier molecular flexibility index (Phi) is 7.87. The van der Waals surface area contributed by atoms with E-state index in [1.165, 1.54) is 66.7 Å². The predicted octanol–water partition coefficient (Wildman–Crippen LogP) is 13.5. The number of benzene rings is 6. The number of nitrogens with zero attached hydrogens (tertiary/aromatic N) is 1. The standard InChI is InChI=1S/C51H40N2/c1-3-14-35(15-4-1)39-20-13-21-42(32-39)53-49(37-17-5-2-6-18-37)34-50(53)38-26-29-41(30-27-38)52-48-25-12-11-24-45(48)47-33-40-19-8-9-22-43(40)46-31-28-36-16-7-10-23-44(36)51(46)47/h1-5,7-17,19-34,36,44,50,52H,6,18H2. The van der Waals surface area contributed by atoms with Crippen molar-refractivity contribution in [2.75, 3.05) is 10.2 Å². The van der Waals surface area contributed by atoms with Crippen LogP contribution in [0.4, 0.5) is 17.1 Å². The highest BCUT2D eigenvalue weighted by Gasteiger charge is 2.34. The second kappa shape index (κ2) is 13.3. The maximum absolute atomic E-state index is 3.83. The van der Waals surface area contributed by atoms with Crippen molar-refractivity contribution in [1.29, 1.82) is 0 Å². The van der Waals surface area contributed by atoms with Crippen LogP contribution in [-0.2, 0) is 0 Å². The van der Waals surface area contributed by atoms with Gasteiger partial charge in [-0.15, -0.1) is 0 Å². The van der Waals surface area contributed by atoms with Crippen molar-refractivity contribution in [2.24, 2.45) is 5.92 Å². The summed E-state index contributed by atoms with van der Waals surface area (Å²) in [5.41, 5.74) is 15.2. The van der Waals surface area contributed by atoms with Crippen LogP contribution in [0.5, 0.6) is 0 Å². The molecule has 0 radical (unpaired) electrons. The predicted molar refractivity (Wildman–Crippen MR) is 224 cm³/mol. The van der Waals surface area contributed by atoms with Gasteiger partial charge in [-0.05, 0) is 105 Å². The maximum atomic E-state index is 3.83. The fourth-order valence-electron chi connectivity index (χ4n) is 8.66. The van der Waals surface area contributed by atoms with E-state index in [0.29, 0.717) is 11.8 Å². The van der Waals surface area contributed by atoms with Crippen molar-refractivity contribution in [3.63, 3.8) is 0 Å².